The number of nitrogens with zero attached hydrogens (tertiary/aromatic N) is 1. The van der Waals surface area contributed by atoms with Gasteiger partial charge in [0.1, 0.15) is 0 Å². The molecule has 0 saturated carbocycles. The lowest BCUT2D eigenvalue weighted by Gasteiger charge is -2.32. The Labute approximate surface area is 120 Å². The lowest BCUT2D eigenvalue weighted by Crippen LogP contribution is -2.49. The van der Waals surface area contributed by atoms with Crippen LogP contribution in [0.1, 0.15) is 46.5 Å². The second kappa shape index (κ2) is 7.22. The summed E-state index contributed by atoms with van der Waals surface area (Å²) in [5, 5.41) is 0. The predicted octanol–water partition coefficient (Wildman–Crippen LogP) is 2.50. The number of rotatable bonds is 6. The quantitative estimate of drug-likeness (QED) is 0.755. The third-order valence-electron chi connectivity index (χ3n) is 3.27. The van der Waals surface area contributed by atoms with Crippen molar-refractivity contribution in [3.05, 3.63) is 0 Å². The molecule has 6 heteroatoms. The van der Waals surface area contributed by atoms with Crippen molar-refractivity contribution in [1.82, 2.24) is 9.03 Å². The van der Waals surface area contributed by atoms with E-state index in [1.54, 1.807) is 4.31 Å². The van der Waals surface area contributed by atoms with Crippen molar-refractivity contribution in [3.63, 3.8) is 0 Å². The van der Waals surface area contributed by atoms with Crippen LogP contribution in [0.4, 0.5) is 0 Å². The molecule has 0 aromatic heterocycles. The van der Waals surface area contributed by atoms with E-state index >= 15 is 0 Å². The van der Waals surface area contributed by atoms with E-state index in [1.165, 1.54) is 0 Å². The largest absolute Gasteiger partial charge is 0.279 e. The van der Waals surface area contributed by atoms with Crippen molar-refractivity contribution in [1.29, 1.82) is 0 Å². The molecular formula is C12H25BrN2O2S. The highest BCUT2D eigenvalue weighted by molar-refractivity contribution is 9.09. The molecule has 0 aromatic carbocycles. The molecule has 1 aliphatic rings. The number of halogens is 1. The van der Waals surface area contributed by atoms with Crippen LogP contribution >= 0.6 is 15.9 Å². The zero-order chi connectivity index (χ0) is 13.8. The number of nitrogens with one attached hydrogen (secondary N) is 1. The van der Waals surface area contributed by atoms with E-state index in [0.717, 1.165) is 25.7 Å². The first-order valence-electron chi connectivity index (χ1n) is 6.73. The third kappa shape index (κ3) is 5.15. The Morgan fingerprint density at radius 3 is 2.61 bits per heavy atom. The SMILES string of the molecule is CC(C)CC(Br)CNS(=O)(=O)N1CCCCC1C. The summed E-state index contributed by atoms with van der Waals surface area (Å²) in [5.74, 6) is 0.563. The molecule has 108 valence electrons. The van der Waals surface area contributed by atoms with Gasteiger partial charge in [-0.05, 0) is 32.1 Å². The second-order valence-electron chi connectivity index (χ2n) is 5.54. The minimum absolute atomic E-state index is 0.120. The van der Waals surface area contributed by atoms with Gasteiger partial charge in [0.15, 0.2) is 0 Å². The van der Waals surface area contributed by atoms with Crippen LogP contribution in [0.15, 0.2) is 0 Å². The van der Waals surface area contributed by atoms with Gasteiger partial charge in [-0.25, -0.2) is 4.72 Å². The molecule has 0 amide bonds. The highest BCUT2D eigenvalue weighted by Crippen LogP contribution is 2.19. The first-order chi connectivity index (χ1) is 8.33. The Kier molecular flexibility index (Phi) is 6.58. The van der Waals surface area contributed by atoms with Gasteiger partial charge in [-0.1, -0.05) is 36.2 Å². The fourth-order valence-electron chi connectivity index (χ4n) is 2.30. The van der Waals surface area contributed by atoms with Gasteiger partial charge in [0.2, 0.25) is 0 Å². The maximum absolute atomic E-state index is 12.2. The Bertz CT molecular complexity index is 346. The molecular weight excluding hydrogens is 316 g/mol. The van der Waals surface area contributed by atoms with Crippen LogP contribution in [-0.4, -0.2) is 36.7 Å². The highest BCUT2D eigenvalue weighted by atomic mass is 79.9. The van der Waals surface area contributed by atoms with Gasteiger partial charge in [0.05, 0.1) is 0 Å². The summed E-state index contributed by atoms with van der Waals surface area (Å²) in [6.45, 7) is 7.36. The molecule has 18 heavy (non-hydrogen) atoms. The highest BCUT2D eigenvalue weighted by Gasteiger charge is 2.29. The van der Waals surface area contributed by atoms with Gasteiger partial charge in [0.25, 0.3) is 10.2 Å². The molecule has 0 radical (unpaired) electrons. The summed E-state index contributed by atoms with van der Waals surface area (Å²) in [5.41, 5.74) is 0. The normalized spacial score (nSPS) is 24.4. The van der Waals surface area contributed by atoms with Crippen molar-refractivity contribution >= 4 is 26.1 Å². The first-order valence-corrected chi connectivity index (χ1v) is 9.09. The zero-order valence-corrected chi connectivity index (χ0v) is 13.9. The Balaban J connectivity index is 2.48. The number of alkyl halides is 1. The monoisotopic (exact) mass is 340 g/mol. The van der Waals surface area contributed by atoms with E-state index < -0.39 is 10.2 Å². The topological polar surface area (TPSA) is 49.4 Å². The van der Waals surface area contributed by atoms with E-state index in [0.29, 0.717) is 19.0 Å². The summed E-state index contributed by atoms with van der Waals surface area (Å²) in [4.78, 5) is 0.201. The standard InChI is InChI=1S/C12H25BrN2O2S/c1-10(2)8-12(13)9-14-18(16,17)15-7-5-4-6-11(15)3/h10-12,14H,4-9H2,1-3H3. The van der Waals surface area contributed by atoms with Gasteiger partial charge >= 0.3 is 0 Å². The minimum Gasteiger partial charge on any atom is -0.201 e. The fourth-order valence-corrected chi connectivity index (χ4v) is 4.95. The maximum atomic E-state index is 12.2. The van der Waals surface area contributed by atoms with E-state index in [2.05, 4.69) is 34.5 Å². The van der Waals surface area contributed by atoms with E-state index in [1.807, 2.05) is 6.92 Å². The first kappa shape index (κ1) is 16.4. The van der Waals surface area contributed by atoms with Gasteiger partial charge in [-0.2, -0.15) is 12.7 Å². The molecule has 0 aromatic rings. The van der Waals surface area contributed by atoms with Crippen LogP contribution in [0.3, 0.4) is 0 Å². The fraction of sp³-hybridized carbons (Fsp3) is 1.00. The molecule has 2 atom stereocenters. The van der Waals surface area contributed by atoms with E-state index in [4.69, 9.17) is 0 Å². The molecule has 1 saturated heterocycles. The molecule has 1 heterocycles. The lowest BCUT2D eigenvalue weighted by molar-refractivity contribution is 0.265. The third-order valence-corrected chi connectivity index (χ3v) is 5.65. The molecule has 1 N–H and O–H groups in total. The van der Waals surface area contributed by atoms with Crippen molar-refractivity contribution in [2.75, 3.05) is 13.1 Å². The summed E-state index contributed by atoms with van der Waals surface area (Å²) in [7, 11) is -3.31. The van der Waals surface area contributed by atoms with E-state index in [9.17, 15) is 8.42 Å². The van der Waals surface area contributed by atoms with Crippen LogP contribution in [0.5, 0.6) is 0 Å². The lowest BCUT2D eigenvalue weighted by atomic mass is 10.1. The number of piperidine rings is 1. The van der Waals surface area contributed by atoms with Crippen LogP contribution in [0.25, 0.3) is 0 Å². The van der Waals surface area contributed by atoms with Crippen LogP contribution in [-0.2, 0) is 10.2 Å². The summed E-state index contributed by atoms with van der Waals surface area (Å²) >= 11 is 3.52. The van der Waals surface area contributed by atoms with Crippen molar-refractivity contribution in [3.8, 4) is 0 Å². The Morgan fingerprint density at radius 1 is 1.39 bits per heavy atom. The van der Waals surface area contributed by atoms with Crippen LogP contribution in [0.2, 0.25) is 0 Å². The van der Waals surface area contributed by atoms with Crippen molar-refractivity contribution in [2.45, 2.75) is 57.3 Å². The van der Waals surface area contributed by atoms with Crippen LogP contribution in [0, 0.1) is 5.92 Å². The van der Waals surface area contributed by atoms with E-state index in [-0.39, 0.29) is 10.9 Å². The minimum atomic E-state index is -3.31. The molecule has 0 spiro atoms. The zero-order valence-electron chi connectivity index (χ0n) is 11.5. The predicted molar refractivity (Wildman–Crippen MR) is 79.1 cm³/mol. The summed E-state index contributed by atoms with van der Waals surface area (Å²) in [6, 6.07) is 0.120. The summed E-state index contributed by atoms with van der Waals surface area (Å²) in [6.07, 6.45) is 4.03. The van der Waals surface area contributed by atoms with Crippen LogP contribution < -0.4 is 4.72 Å². The molecule has 1 fully saturated rings. The molecule has 1 aliphatic heterocycles. The Morgan fingerprint density at radius 2 is 2.06 bits per heavy atom. The number of hydrogen-bond acceptors (Lipinski definition) is 2. The number of hydrogen-bond donors (Lipinski definition) is 1. The average molecular weight is 341 g/mol. The molecule has 0 bridgehead atoms. The molecule has 4 nitrogen and oxygen atoms in total. The van der Waals surface area contributed by atoms with Crippen molar-refractivity contribution < 1.29 is 8.42 Å². The van der Waals surface area contributed by atoms with Gasteiger partial charge < -0.3 is 0 Å². The smallest absolute Gasteiger partial charge is 0.201 e. The Hall–Kier alpha value is 0.350. The molecule has 2 unspecified atom stereocenters. The molecule has 1 rings (SSSR count). The average Bonchev–Trinajstić information content (AvgIpc) is 2.26. The van der Waals surface area contributed by atoms with Gasteiger partial charge in [-0.15, -0.1) is 0 Å². The second-order valence-corrected chi connectivity index (χ2v) is 8.54. The maximum Gasteiger partial charge on any atom is 0.279 e. The molecule has 0 aliphatic carbocycles. The van der Waals surface area contributed by atoms with Crippen molar-refractivity contribution in [2.24, 2.45) is 5.92 Å². The van der Waals surface area contributed by atoms with Gasteiger partial charge in [0, 0.05) is 24.0 Å². The van der Waals surface area contributed by atoms with Gasteiger partial charge in [-0.3, -0.25) is 0 Å². The summed E-state index contributed by atoms with van der Waals surface area (Å²) < 4.78 is 28.7.